The second-order valence-electron chi connectivity index (χ2n) is 1.97. The molecular weight excluding hydrogens is 162 g/mol. The predicted octanol–water partition coefficient (Wildman–Crippen LogP) is 0.910. The van der Waals surface area contributed by atoms with Gasteiger partial charge in [0.05, 0.1) is 5.00 Å². The number of amides is 1. The van der Waals surface area contributed by atoms with E-state index in [2.05, 4.69) is 0 Å². The van der Waals surface area contributed by atoms with Crippen LogP contribution in [0.15, 0.2) is 17.5 Å². The molecule has 1 aromatic heterocycles. The number of rotatable bonds is 2. The average Bonchev–Trinajstić information content (AvgIpc) is 2.53. The van der Waals surface area contributed by atoms with Gasteiger partial charge in [-0.05, 0) is 17.5 Å². The summed E-state index contributed by atoms with van der Waals surface area (Å²) in [5.74, 6) is -0.521. The number of carbonyl (C=O) groups excluding carboxylic acids is 2. The molecule has 58 valence electrons. The molecule has 1 heterocycles. The predicted molar refractivity (Wildman–Crippen MR) is 43.8 cm³/mol. The lowest BCUT2D eigenvalue weighted by atomic mass is 10.5. The van der Waals surface area contributed by atoms with Crippen molar-refractivity contribution >= 4 is 28.5 Å². The molecule has 1 amide bonds. The second-order valence-corrected chi connectivity index (χ2v) is 2.89. The van der Waals surface area contributed by atoms with Gasteiger partial charge in [-0.25, -0.2) is 0 Å². The third-order valence-corrected chi connectivity index (χ3v) is 2.21. The first-order chi connectivity index (χ1) is 5.25. The van der Waals surface area contributed by atoms with Crippen LogP contribution in [-0.2, 0) is 9.59 Å². The largest absolute Gasteiger partial charge is 0.301 e. The summed E-state index contributed by atoms with van der Waals surface area (Å²) in [6.45, 7) is 0. The number of nitrogens with zero attached hydrogens (tertiary/aromatic N) is 1. The van der Waals surface area contributed by atoms with Gasteiger partial charge in [0, 0.05) is 7.05 Å². The SMILES string of the molecule is CN(C(=O)C=O)c1cccs1. The minimum Gasteiger partial charge on any atom is -0.301 e. The lowest BCUT2D eigenvalue weighted by Crippen LogP contribution is -2.25. The van der Waals surface area contributed by atoms with Gasteiger partial charge in [0.15, 0.2) is 0 Å². The maximum Gasteiger partial charge on any atom is 0.291 e. The third kappa shape index (κ3) is 1.65. The molecule has 11 heavy (non-hydrogen) atoms. The molecule has 0 radical (unpaired) electrons. The topological polar surface area (TPSA) is 37.4 Å². The number of aldehydes is 1. The summed E-state index contributed by atoms with van der Waals surface area (Å²) in [6, 6.07) is 3.61. The Balaban J connectivity index is 2.77. The fraction of sp³-hybridized carbons (Fsp3) is 0.143. The Morgan fingerprint density at radius 3 is 2.91 bits per heavy atom. The molecule has 0 aliphatic heterocycles. The highest BCUT2D eigenvalue weighted by Gasteiger charge is 2.08. The average molecular weight is 169 g/mol. The van der Waals surface area contributed by atoms with E-state index in [9.17, 15) is 9.59 Å². The smallest absolute Gasteiger partial charge is 0.291 e. The van der Waals surface area contributed by atoms with Gasteiger partial charge in [0.1, 0.15) is 0 Å². The van der Waals surface area contributed by atoms with Crippen molar-refractivity contribution in [2.75, 3.05) is 11.9 Å². The molecule has 0 bridgehead atoms. The standard InChI is InChI=1S/C7H7NO2S/c1-8(6(10)5-9)7-3-2-4-11-7/h2-5H,1H3. The van der Waals surface area contributed by atoms with Crippen LogP contribution in [0.5, 0.6) is 0 Å². The van der Waals surface area contributed by atoms with Crippen molar-refractivity contribution in [3.05, 3.63) is 17.5 Å². The highest BCUT2D eigenvalue weighted by atomic mass is 32.1. The number of anilines is 1. The van der Waals surface area contributed by atoms with Gasteiger partial charge < -0.3 is 4.90 Å². The summed E-state index contributed by atoms with van der Waals surface area (Å²) in [7, 11) is 1.57. The lowest BCUT2D eigenvalue weighted by Gasteiger charge is -2.09. The molecule has 0 saturated heterocycles. The van der Waals surface area contributed by atoms with Crippen molar-refractivity contribution < 1.29 is 9.59 Å². The van der Waals surface area contributed by atoms with E-state index in [1.165, 1.54) is 16.2 Å². The molecule has 1 rings (SSSR count). The fourth-order valence-electron chi connectivity index (χ4n) is 0.648. The van der Waals surface area contributed by atoms with Crippen LogP contribution in [0.25, 0.3) is 0 Å². The van der Waals surface area contributed by atoms with E-state index in [1.54, 1.807) is 13.1 Å². The zero-order chi connectivity index (χ0) is 8.27. The van der Waals surface area contributed by atoms with Gasteiger partial charge >= 0.3 is 0 Å². The van der Waals surface area contributed by atoms with Crippen LogP contribution in [-0.4, -0.2) is 19.2 Å². The number of hydrogen-bond acceptors (Lipinski definition) is 3. The Kier molecular flexibility index (Phi) is 2.38. The maximum absolute atomic E-state index is 10.8. The molecule has 0 saturated carbocycles. The monoisotopic (exact) mass is 169 g/mol. The molecular formula is C7H7NO2S. The van der Waals surface area contributed by atoms with E-state index in [0.29, 0.717) is 6.29 Å². The van der Waals surface area contributed by atoms with Gasteiger partial charge in [-0.3, -0.25) is 9.59 Å². The van der Waals surface area contributed by atoms with Crippen molar-refractivity contribution in [2.24, 2.45) is 0 Å². The first kappa shape index (κ1) is 7.94. The second kappa shape index (κ2) is 3.30. The van der Waals surface area contributed by atoms with Crippen LogP contribution in [0, 0.1) is 0 Å². The van der Waals surface area contributed by atoms with Gasteiger partial charge in [-0.15, -0.1) is 11.3 Å². The molecule has 0 N–H and O–H groups in total. The van der Waals surface area contributed by atoms with Crippen LogP contribution < -0.4 is 4.90 Å². The van der Waals surface area contributed by atoms with Gasteiger partial charge in [-0.2, -0.15) is 0 Å². The minimum absolute atomic E-state index is 0.305. The van der Waals surface area contributed by atoms with Crippen molar-refractivity contribution in [3.8, 4) is 0 Å². The van der Waals surface area contributed by atoms with Gasteiger partial charge in [-0.1, -0.05) is 0 Å². The Morgan fingerprint density at radius 1 is 1.73 bits per heavy atom. The van der Waals surface area contributed by atoms with Crippen LogP contribution >= 0.6 is 11.3 Å². The van der Waals surface area contributed by atoms with Crippen molar-refractivity contribution in [3.63, 3.8) is 0 Å². The zero-order valence-corrected chi connectivity index (χ0v) is 6.80. The minimum atomic E-state index is -0.521. The van der Waals surface area contributed by atoms with E-state index in [0.717, 1.165) is 5.00 Å². The van der Waals surface area contributed by atoms with Crippen LogP contribution in [0.2, 0.25) is 0 Å². The number of thiophene rings is 1. The Morgan fingerprint density at radius 2 is 2.45 bits per heavy atom. The molecule has 0 fully saturated rings. The summed E-state index contributed by atoms with van der Waals surface area (Å²) in [4.78, 5) is 22.1. The summed E-state index contributed by atoms with van der Waals surface area (Å²) in [5, 5.41) is 2.63. The number of carbonyl (C=O) groups is 2. The third-order valence-electron chi connectivity index (χ3n) is 1.27. The summed E-state index contributed by atoms with van der Waals surface area (Å²) < 4.78 is 0. The number of likely N-dealkylation sites (N-methyl/N-ethyl adjacent to an activating group) is 1. The molecule has 3 nitrogen and oxygen atoms in total. The lowest BCUT2D eigenvalue weighted by molar-refractivity contribution is -0.129. The summed E-state index contributed by atoms with van der Waals surface area (Å²) in [5.41, 5.74) is 0. The van der Waals surface area contributed by atoms with Crippen LogP contribution in [0.1, 0.15) is 0 Å². The summed E-state index contributed by atoms with van der Waals surface area (Å²) in [6.07, 6.45) is 0.305. The molecule has 0 spiro atoms. The van der Waals surface area contributed by atoms with E-state index in [4.69, 9.17) is 0 Å². The fourth-order valence-corrected chi connectivity index (χ4v) is 1.35. The molecule has 0 unspecified atom stereocenters. The van der Waals surface area contributed by atoms with E-state index < -0.39 is 5.91 Å². The van der Waals surface area contributed by atoms with Crippen molar-refractivity contribution in [1.29, 1.82) is 0 Å². The maximum atomic E-state index is 10.8. The Hall–Kier alpha value is -1.16. The van der Waals surface area contributed by atoms with Crippen LogP contribution in [0.4, 0.5) is 5.00 Å². The number of hydrogen-bond donors (Lipinski definition) is 0. The Bertz CT molecular complexity index is 255. The van der Waals surface area contributed by atoms with Crippen molar-refractivity contribution in [1.82, 2.24) is 0 Å². The van der Waals surface area contributed by atoms with E-state index in [1.807, 2.05) is 11.4 Å². The molecule has 0 aliphatic rings. The van der Waals surface area contributed by atoms with Gasteiger partial charge in [0.25, 0.3) is 5.91 Å². The van der Waals surface area contributed by atoms with E-state index in [-0.39, 0.29) is 0 Å². The molecule has 4 heteroatoms. The zero-order valence-electron chi connectivity index (χ0n) is 5.98. The molecule has 0 atom stereocenters. The molecule has 0 aromatic carbocycles. The first-order valence-corrected chi connectivity index (χ1v) is 3.90. The normalized spacial score (nSPS) is 9.18. The molecule has 0 aliphatic carbocycles. The van der Waals surface area contributed by atoms with Gasteiger partial charge in [0.2, 0.25) is 6.29 Å². The van der Waals surface area contributed by atoms with Crippen LogP contribution in [0.3, 0.4) is 0 Å². The summed E-state index contributed by atoms with van der Waals surface area (Å²) >= 11 is 1.42. The van der Waals surface area contributed by atoms with E-state index >= 15 is 0 Å². The Labute approximate surface area is 68.2 Å². The molecule has 1 aromatic rings. The first-order valence-electron chi connectivity index (χ1n) is 3.02. The van der Waals surface area contributed by atoms with Crippen molar-refractivity contribution in [2.45, 2.75) is 0 Å². The highest BCUT2D eigenvalue weighted by Crippen LogP contribution is 2.18. The highest BCUT2D eigenvalue weighted by molar-refractivity contribution is 7.14. The quantitative estimate of drug-likeness (QED) is 0.487.